The number of hydrogen-bond acceptors (Lipinski definition) is 2. The Labute approximate surface area is 115 Å². The molecule has 1 aromatic rings. The van der Waals surface area contributed by atoms with Crippen molar-refractivity contribution in [1.29, 1.82) is 0 Å². The quantitative estimate of drug-likeness (QED) is 0.869. The Kier molecular flexibility index (Phi) is 3.48. The molecule has 0 spiro atoms. The predicted octanol–water partition coefficient (Wildman–Crippen LogP) is 3.20. The smallest absolute Gasteiger partial charge is 0.313 e. The standard InChI is InChI=1S/C14H15BrO3/c1-3-14(2,13(16)17)8-10-7-11(15)6-9-4-5-18-12(9)10/h3,6-7H,1,4-5,8H2,2H3,(H,16,17). The Morgan fingerprint density at radius 1 is 1.67 bits per heavy atom. The number of carboxylic acids is 1. The van der Waals surface area contributed by atoms with Gasteiger partial charge >= 0.3 is 5.97 Å². The molecular weight excluding hydrogens is 296 g/mol. The predicted molar refractivity (Wildman–Crippen MR) is 73.0 cm³/mol. The zero-order chi connectivity index (χ0) is 13.3. The zero-order valence-corrected chi connectivity index (χ0v) is 11.8. The Bertz CT molecular complexity index is 510. The third-order valence-corrected chi connectivity index (χ3v) is 3.78. The lowest BCUT2D eigenvalue weighted by atomic mass is 9.83. The number of carbonyl (C=O) groups is 1. The van der Waals surface area contributed by atoms with Gasteiger partial charge in [0, 0.05) is 10.9 Å². The normalized spacial score (nSPS) is 16.6. The molecule has 0 aromatic heterocycles. The summed E-state index contributed by atoms with van der Waals surface area (Å²) in [6, 6.07) is 3.95. The highest BCUT2D eigenvalue weighted by Crippen LogP contribution is 2.37. The van der Waals surface area contributed by atoms with E-state index in [4.69, 9.17) is 4.74 Å². The highest BCUT2D eigenvalue weighted by Gasteiger charge is 2.32. The van der Waals surface area contributed by atoms with E-state index in [1.165, 1.54) is 6.08 Å². The molecule has 0 saturated heterocycles. The Morgan fingerprint density at radius 2 is 2.39 bits per heavy atom. The Balaban J connectivity index is 2.41. The molecule has 96 valence electrons. The molecule has 1 atom stereocenters. The molecule has 1 aliphatic rings. The highest BCUT2D eigenvalue weighted by molar-refractivity contribution is 9.10. The van der Waals surface area contributed by atoms with E-state index < -0.39 is 11.4 Å². The van der Waals surface area contributed by atoms with Crippen molar-refractivity contribution in [2.45, 2.75) is 19.8 Å². The van der Waals surface area contributed by atoms with Gasteiger partial charge in [-0.05, 0) is 36.6 Å². The molecule has 4 heteroatoms. The van der Waals surface area contributed by atoms with Crippen LogP contribution in [-0.4, -0.2) is 17.7 Å². The lowest BCUT2D eigenvalue weighted by Gasteiger charge is -2.21. The number of ether oxygens (including phenoxy) is 1. The summed E-state index contributed by atoms with van der Waals surface area (Å²) in [5.41, 5.74) is 1.08. The number of halogens is 1. The maximum atomic E-state index is 11.3. The lowest BCUT2D eigenvalue weighted by molar-refractivity contribution is -0.145. The molecule has 1 aromatic carbocycles. The van der Waals surface area contributed by atoms with Crippen LogP contribution in [0, 0.1) is 5.41 Å². The molecule has 1 unspecified atom stereocenters. The van der Waals surface area contributed by atoms with Crippen molar-refractivity contribution in [2.75, 3.05) is 6.61 Å². The molecule has 1 heterocycles. The fourth-order valence-electron chi connectivity index (χ4n) is 2.11. The summed E-state index contributed by atoms with van der Waals surface area (Å²) in [6.07, 6.45) is 2.74. The molecule has 0 saturated carbocycles. The van der Waals surface area contributed by atoms with E-state index in [1.54, 1.807) is 6.92 Å². The number of aliphatic carboxylic acids is 1. The van der Waals surface area contributed by atoms with Gasteiger partial charge in [0.1, 0.15) is 5.75 Å². The number of fused-ring (bicyclic) bond motifs is 1. The van der Waals surface area contributed by atoms with Crippen LogP contribution in [0.3, 0.4) is 0 Å². The third kappa shape index (κ3) is 2.29. The first kappa shape index (κ1) is 13.1. The second kappa shape index (κ2) is 4.76. The highest BCUT2D eigenvalue weighted by atomic mass is 79.9. The summed E-state index contributed by atoms with van der Waals surface area (Å²) in [4.78, 5) is 11.3. The van der Waals surface area contributed by atoms with Gasteiger partial charge < -0.3 is 9.84 Å². The van der Waals surface area contributed by atoms with E-state index in [9.17, 15) is 9.90 Å². The van der Waals surface area contributed by atoms with Gasteiger partial charge in [-0.2, -0.15) is 0 Å². The molecule has 0 amide bonds. The van der Waals surface area contributed by atoms with Crippen molar-refractivity contribution in [3.63, 3.8) is 0 Å². The summed E-state index contributed by atoms with van der Waals surface area (Å²) in [7, 11) is 0. The van der Waals surface area contributed by atoms with Crippen molar-refractivity contribution in [1.82, 2.24) is 0 Å². The van der Waals surface area contributed by atoms with Crippen LogP contribution in [0.15, 0.2) is 29.3 Å². The Hall–Kier alpha value is -1.29. The molecule has 1 N–H and O–H groups in total. The molecule has 18 heavy (non-hydrogen) atoms. The van der Waals surface area contributed by atoms with Crippen LogP contribution in [-0.2, 0) is 17.6 Å². The van der Waals surface area contributed by atoms with Crippen LogP contribution in [0.2, 0.25) is 0 Å². The fourth-order valence-corrected chi connectivity index (χ4v) is 2.66. The van der Waals surface area contributed by atoms with Crippen molar-refractivity contribution < 1.29 is 14.6 Å². The number of rotatable bonds is 4. The zero-order valence-electron chi connectivity index (χ0n) is 10.2. The second-order valence-corrected chi connectivity index (χ2v) is 5.67. The van der Waals surface area contributed by atoms with Gasteiger partial charge in [0.05, 0.1) is 12.0 Å². The van der Waals surface area contributed by atoms with Crippen LogP contribution < -0.4 is 4.74 Å². The van der Waals surface area contributed by atoms with Crippen LogP contribution in [0.4, 0.5) is 0 Å². The van der Waals surface area contributed by atoms with Gasteiger partial charge in [0.25, 0.3) is 0 Å². The summed E-state index contributed by atoms with van der Waals surface area (Å²) < 4.78 is 6.56. The summed E-state index contributed by atoms with van der Waals surface area (Å²) in [6.45, 7) is 5.97. The van der Waals surface area contributed by atoms with Crippen LogP contribution in [0.5, 0.6) is 5.75 Å². The van der Waals surface area contributed by atoms with Gasteiger partial charge in [-0.15, -0.1) is 6.58 Å². The third-order valence-electron chi connectivity index (χ3n) is 3.32. The largest absolute Gasteiger partial charge is 0.493 e. The first-order chi connectivity index (χ1) is 8.46. The van der Waals surface area contributed by atoms with Gasteiger partial charge in [0.2, 0.25) is 0 Å². The topological polar surface area (TPSA) is 46.5 Å². The van der Waals surface area contributed by atoms with E-state index in [0.717, 1.165) is 27.8 Å². The maximum absolute atomic E-state index is 11.3. The van der Waals surface area contributed by atoms with Crippen molar-refractivity contribution in [3.05, 3.63) is 40.4 Å². The number of benzene rings is 1. The summed E-state index contributed by atoms with van der Waals surface area (Å²) in [5, 5.41) is 9.29. The van der Waals surface area contributed by atoms with Crippen LogP contribution in [0.25, 0.3) is 0 Å². The lowest BCUT2D eigenvalue weighted by Crippen LogP contribution is -2.27. The van der Waals surface area contributed by atoms with Gasteiger partial charge in [0.15, 0.2) is 0 Å². The molecule has 0 aliphatic carbocycles. The number of hydrogen-bond donors (Lipinski definition) is 1. The minimum atomic E-state index is -0.972. The molecule has 1 aliphatic heterocycles. The molecule has 2 rings (SSSR count). The molecule has 3 nitrogen and oxygen atoms in total. The van der Waals surface area contributed by atoms with E-state index in [1.807, 2.05) is 12.1 Å². The summed E-state index contributed by atoms with van der Waals surface area (Å²) in [5.74, 6) is -0.0308. The molecule has 0 radical (unpaired) electrons. The van der Waals surface area contributed by atoms with Crippen molar-refractivity contribution in [2.24, 2.45) is 5.41 Å². The van der Waals surface area contributed by atoms with Gasteiger partial charge in [-0.25, -0.2) is 0 Å². The first-order valence-corrected chi connectivity index (χ1v) is 6.56. The van der Waals surface area contributed by atoms with Crippen LogP contribution >= 0.6 is 15.9 Å². The Morgan fingerprint density at radius 3 is 3.00 bits per heavy atom. The van der Waals surface area contributed by atoms with Gasteiger partial charge in [-0.1, -0.05) is 22.0 Å². The molecule has 0 bridgehead atoms. The van der Waals surface area contributed by atoms with Gasteiger partial charge in [-0.3, -0.25) is 4.79 Å². The monoisotopic (exact) mass is 310 g/mol. The van der Waals surface area contributed by atoms with Crippen molar-refractivity contribution >= 4 is 21.9 Å². The van der Waals surface area contributed by atoms with E-state index in [2.05, 4.69) is 22.5 Å². The van der Waals surface area contributed by atoms with E-state index >= 15 is 0 Å². The summed E-state index contributed by atoms with van der Waals surface area (Å²) >= 11 is 3.45. The minimum Gasteiger partial charge on any atom is -0.493 e. The van der Waals surface area contributed by atoms with E-state index in [0.29, 0.717) is 13.0 Å². The molecule has 0 fully saturated rings. The average molecular weight is 311 g/mol. The van der Waals surface area contributed by atoms with Crippen LogP contribution in [0.1, 0.15) is 18.1 Å². The average Bonchev–Trinajstić information content (AvgIpc) is 2.76. The maximum Gasteiger partial charge on any atom is 0.313 e. The van der Waals surface area contributed by atoms with Crippen molar-refractivity contribution in [3.8, 4) is 5.75 Å². The van der Waals surface area contributed by atoms with E-state index in [-0.39, 0.29) is 0 Å². The first-order valence-electron chi connectivity index (χ1n) is 5.77. The minimum absolute atomic E-state index is 0.383. The second-order valence-electron chi connectivity index (χ2n) is 4.76. The molecular formula is C14H15BrO3. The SMILES string of the molecule is C=CC(C)(Cc1cc(Br)cc2c1OCC2)C(=O)O. The number of carboxylic acid groups (broad SMARTS) is 1. The fraction of sp³-hybridized carbons (Fsp3) is 0.357.